The summed E-state index contributed by atoms with van der Waals surface area (Å²) in [5.41, 5.74) is 1.15. The molecule has 1 aliphatic rings. The molecule has 1 saturated heterocycles. The standard InChI is InChI=1S/C19H22FN3O3S/c20-15-4-6-16(7-5-15)21-14-19(24)22-17-8-10-18(11-9-17)27(25,26)23-12-2-1-3-13-23/h4-11,21H,1-3,12-14H2,(H,22,24). The van der Waals surface area contributed by atoms with Crippen LogP contribution in [0.15, 0.2) is 53.4 Å². The minimum atomic E-state index is -3.48. The summed E-state index contributed by atoms with van der Waals surface area (Å²) in [6, 6.07) is 11.9. The second-order valence-electron chi connectivity index (χ2n) is 6.40. The molecule has 0 radical (unpaired) electrons. The normalized spacial score (nSPS) is 15.3. The Kier molecular flexibility index (Phi) is 6.08. The Hall–Kier alpha value is -2.45. The van der Waals surface area contributed by atoms with Gasteiger partial charge in [-0.3, -0.25) is 4.79 Å². The molecule has 0 aromatic heterocycles. The van der Waals surface area contributed by atoms with Crippen LogP contribution in [0.3, 0.4) is 0 Å². The molecule has 0 saturated carbocycles. The second kappa shape index (κ2) is 8.49. The van der Waals surface area contributed by atoms with E-state index in [0.29, 0.717) is 24.5 Å². The smallest absolute Gasteiger partial charge is 0.243 e. The van der Waals surface area contributed by atoms with Crippen LogP contribution < -0.4 is 10.6 Å². The lowest BCUT2D eigenvalue weighted by atomic mass is 10.2. The van der Waals surface area contributed by atoms with Crippen LogP contribution in [0.2, 0.25) is 0 Å². The molecule has 27 heavy (non-hydrogen) atoms. The summed E-state index contributed by atoms with van der Waals surface area (Å²) in [5, 5.41) is 5.59. The van der Waals surface area contributed by atoms with Crippen molar-refractivity contribution in [2.75, 3.05) is 30.3 Å². The zero-order valence-electron chi connectivity index (χ0n) is 14.8. The summed E-state index contributed by atoms with van der Waals surface area (Å²) in [7, 11) is -3.48. The van der Waals surface area contributed by atoms with Gasteiger partial charge in [0.05, 0.1) is 11.4 Å². The molecule has 3 rings (SSSR count). The number of anilines is 2. The van der Waals surface area contributed by atoms with E-state index in [1.54, 1.807) is 24.3 Å². The van der Waals surface area contributed by atoms with Gasteiger partial charge in [-0.15, -0.1) is 0 Å². The average Bonchev–Trinajstić information content (AvgIpc) is 2.69. The van der Waals surface area contributed by atoms with Crippen molar-refractivity contribution in [2.24, 2.45) is 0 Å². The Morgan fingerprint density at radius 3 is 2.15 bits per heavy atom. The van der Waals surface area contributed by atoms with Crippen LogP contribution >= 0.6 is 0 Å². The quantitative estimate of drug-likeness (QED) is 0.793. The van der Waals surface area contributed by atoms with Gasteiger partial charge in [0.15, 0.2) is 0 Å². The highest BCUT2D eigenvalue weighted by atomic mass is 32.2. The molecule has 6 nitrogen and oxygen atoms in total. The van der Waals surface area contributed by atoms with Crippen molar-refractivity contribution in [1.82, 2.24) is 4.31 Å². The molecule has 2 aromatic carbocycles. The fourth-order valence-corrected chi connectivity index (χ4v) is 4.44. The molecule has 1 amide bonds. The summed E-state index contributed by atoms with van der Waals surface area (Å²) >= 11 is 0. The van der Waals surface area contributed by atoms with E-state index < -0.39 is 10.0 Å². The number of nitrogens with zero attached hydrogens (tertiary/aromatic N) is 1. The molecule has 2 N–H and O–H groups in total. The highest BCUT2D eigenvalue weighted by Gasteiger charge is 2.25. The molecular weight excluding hydrogens is 369 g/mol. The van der Waals surface area contributed by atoms with E-state index in [1.165, 1.54) is 28.6 Å². The van der Waals surface area contributed by atoms with Gasteiger partial charge in [-0.05, 0) is 61.4 Å². The summed E-state index contributed by atoms with van der Waals surface area (Å²) in [4.78, 5) is 12.2. The predicted molar refractivity (Wildman–Crippen MR) is 103 cm³/mol. The number of carbonyl (C=O) groups excluding carboxylic acids is 1. The van der Waals surface area contributed by atoms with Gasteiger partial charge in [0, 0.05) is 24.5 Å². The van der Waals surface area contributed by atoms with Crippen LogP contribution in [0, 0.1) is 5.82 Å². The van der Waals surface area contributed by atoms with Crippen molar-refractivity contribution >= 4 is 27.3 Å². The van der Waals surface area contributed by atoms with E-state index in [0.717, 1.165) is 19.3 Å². The SMILES string of the molecule is O=C(CNc1ccc(F)cc1)Nc1ccc(S(=O)(=O)N2CCCCC2)cc1. The number of sulfonamides is 1. The predicted octanol–water partition coefficient (Wildman–Crippen LogP) is 3.05. The van der Waals surface area contributed by atoms with E-state index in [9.17, 15) is 17.6 Å². The molecule has 144 valence electrons. The molecule has 0 spiro atoms. The number of amides is 1. The van der Waals surface area contributed by atoms with Crippen molar-refractivity contribution in [3.63, 3.8) is 0 Å². The molecule has 8 heteroatoms. The first-order valence-corrected chi connectivity index (χ1v) is 10.3. The first kappa shape index (κ1) is 19.3. The largest absolute Gasteiger partial charge is 0.376 e. The van der Waals surface area contributed by atoms with Crippen molar-refractivity contribution in [3.05, 3.63) is 54.3 Å². The molecule has 0 aliphatic carbocycles. The van der Waals surface area contributed by atoms with Crippen molar-refractivity contribution in [1.29, 1.82) is 0 Å². The van der Waals surface area contributed by atoms with Gasteiger partial charge in [0.25, 0.3) is 0 Å². The molecule has 1 aliphatic heterocycles. The van der Waals surface area contributed by atoms with Gasteiger partial charge in [-0.1, -0.05) is 6.42 Å². The first-order valence-electron chi connectivity index (χ1n) is 8.85. The van der Waals surface area contributed by atoms with E-state index in [4.69, 9.17) is 0 Å². The molecule has 2 aromatic rings. The van der Waals surface area contributed by atoms with Crippen molar-refractivity contribution in [3.8, 4) is 0 Å². The van der Waals surface area contributed by atoms with Gasteiger partial charge in [-0.2, -0.15) is 4.31 Å². The summed E-state index contributed by atoms with van der Waals surface area (Å²) in [6.07, 6.45) is 2.83. The average molecular weight is 391 g/mol. The number of hydrogen-bond donors (Lipinski definition) is 2. The Bertz CT molecular complexity index is 877. The third-order valence-electron chi connectivity index (χ3n) is 4.39. The first-order chi connectivity index (χ1) is 12.9. The lowest BCUT2D eigenvalue weighted by molar-refractivity contribution is -0.114. The van der Waals surface area contributed by atoms with Crippen LogP contribution in [0.5, 0.6) is 0 Å². The Labute approximate surface area is 158 Å². The van der Waals surface area contributed by atoms with Crippen LogP contribution in [-0.4, -0.2) is 38.3 Å². The lowest BCUT2D eigenvalue weighted by Gasteiger charge is -2.25. The van der Waals surface area contributed by atoms with Gasteiger partial charge >= 0.3 is 0 Å². The Morgan fingerprint density at radius 1 is 0.926 bits per heavy atom. The summed E-state index contributed by atoms with van der Waals surface area (Å²) in [6.45, 7) is 1.12. The highest BCUT2D eigenvalue weighted by molar-refractivity contribution is 7.89. The molecule has 1 heterocycles. The van der Waals surface area contributed by atoms with Gasteiger partial charge in [-0.25, -0.2) is 12.8 Å². The maximum Gasteiger partial charge on any atom is 0.243 e. The molecular formula is C19H22FN3O3S. The number of rotatable bonds is 6. The minimum Gasteiger partial charge on any atom is -0.376 e. The maximum atomic E-state index is 12.9. The zero-order chi connectivity index (χ0) is 19.3. The number of hydrogen-bond acceptors (Lipinski definition) is 4. The molecule has 0 bridgehead atoms. The highest BCUT2D eigenvalue weighted by Crippen LogP contribution is 2.22. The van der Waals surface area contributed by atoms with Crippen molar-refractivity contribution < 1.29 is 17.6 Å². The van der Waals surface area contributed by atoms with E-state index in [1.807, 2.05) is 0 Å². The fraction of sp³-hybridized carbons (Fsp3) is 0.316. The Balaban J connectivity index is 1.56. The minimum absolute atomic E-state index is 0.0134. The van der Waals surface area contributed by atoms with Crippen LogP contribution in [0.25, 0.3) is 0 Å². The number of piperidine rings is 1. The number of benzene rings is 2. The molecule has 0 unspecified atom stereocenters. The number of carbonyl (C=O) groups is 1. The van der Waals surface area contributed by atoms with E-state index in [-0.39, 0.29) is 23.2 Å². The maximum absolute atomic E-state index is 12.9. The molecule has 0 atom stereocenters. The van der Waals surface area contributed by atoms with Crippen LogP contribution in [0.1, 0.15) is 19.3 Å². The number of halogens is 1. The summed E-state index contributed by atoms with van der Waals surface area (Å²) in [5.74, 6) is -0.629. The fourth-order valence-electron chi connectivity index (χ4n) is 2.92. The van der Waals surface area contributed by atoms with Crippen LogP contribution in [0.4, 0.5) is 15.8 Å². The van der Waals surface area contributed by atoms with E-state index >= 15 is 0 Å². The van der Waals surface area contributed by atoms with E-state index in [2.05, 4.69) is 10.6 Å². The van der Waals surface area contributed by atoms with Gasteiger partial charge < -0.3 is 10.6 Å². The second-order valence-corrected chi connectivity index (χ2v) is 8.34. The number of nitrogens with one attached hydrogen (secondary N) is 2. The molecule has 1 fully saturated rings. The van der Waals surface area contributed by atoms with Crippen LogP contribution in [-0.2, 0) is 14.8 Å². The lowest BCUT2D eigenvalue weighted by Crippen LogP contribution is -2.35. The zero-order valence-corrected chi connectivity index (χ0v) is 15.6. The Morgan fingerprint density at radius 2 is 1.52 bits per heavy atom. The monoisotopic (exact) mass is 391 g/mol. The third-order valence-corrected chi connectivity index (χ3v) is 6.30. The third kappa shape index (κ3) is 5.05. The topological polar surface area (TPSA) is 78.5 Å². The van der Waals surface area contributed by atoms with Gasteiger partial charge in [0.1, 0.15) is 5.82 Å². The summed E-state index contributed by atoms with van der Waals surface area (Å²) < 4.78 is 39.6. The van der Waals surface area contributed by atoms with Crippen molar-refractivity contribution in [2.45, 2.75) is 24.2 Å². The van der Waals surface area contributed by atoms with Gasteiger partial charge in [0.2, 0.25) is 15.9 Å².